The van der Waals surface area contributed by atoms with Gasteiger partial charge in [-0.3, -0.25) is 9.98 Å². The summed E-state index contributed by atoms with van der Waals surface area (Å²) in [4.78, 5) is 10.7. The van der Waals surface area contributed by atoms with Gasteiger partial charge in [-0.05, 0) is 59.7 Å². The molecule has 0 aliphatic heterocycles. The first-order chi connectivity index (χ1) is 25.7. The monoisotopic (exact) mass is 774 g/mol. The molecule has 6 aromatic carbocycles. The van der Waals surface area contributed by atoms with Crippen molar-refractivity contribution < 1.29 is 17.1 Å². The molecule has 0 radical (unpaired) electrons. The third-order valence-corrected chi connectivity index (χ3v) is 13.5. The number of rotatable bonds is 13. The van der Waals surface area contributed by atoms with Crippen LogP contribution in [0, 0.1) is 0 Å². The van der Waals surface area contributed by atoms with Crippen LogP contribution in [0.4, 0.5) is 0 Å². The van der Waals surface area contributed by atoms with Gasteiger partial charge in [0.1, 0.15) is 24.4 Å². The Morgan fingerprint density at radius 1 is 0.415 bits per heavy atom. The van der Waals surface area contributed by atoms with Gasteiger partial charge >= 0.3 is 17.1 Å². The number of nitrogens with zero attached hydrogens (tertiary/aromatic N) is 4. The van der Waals surface area contributed by atoms with Gasteiger partial charge in [0.15, 0.2) is 0 Å². The fourth-order valence-corrected chi connectivity index (χ4v) is 10.4. The molecule has 6 rings (SSSR count). The number of hydrogen-bond acceptors (Lipinski definition) is 2. The molecular weight excluding hydrogens is 726 g/mol. The molecule has 0 fully saturated rings. The molecule has 0 heterocycles. The van der Waals surface area contributed by atoms with E-state index in [-0.39, 0.29) is 29.2 Å². The molecule has 0 aromatic heterocycles. The summed E-state index contributed by atoms with van der Waals surface area (Å²) in [5.41, 5.74) is 2.35. The van der Waals surface area contributed by atoms with E-state index >= 15 is 0 Å². The maximum atomic E-state index is 7.44. The zero-order chi connectivity index (χ0) is 36.6. The number of benzene rings is 6. The first kappa shape index (κ1) is 42.8. The van der Waals surface area contributed by atoms with Gasteiger partial charge in [0.05, 0.1) is 37.1 Å². The molecule has 0 saturated heterocycles. The summed E-state index contributed by atoms with van der Waals surface area (Å²) in [5.74, 6) is 0. The van der Waals surface area contributed by atoms with Crippen LogP contribution in [0.5, 0.6) is 0 Å². The molecule has 4 nitrogen and oxygen atoms in total. The predicted molar refractivity (Wildman–Crippen MR) is 236 cm³/mol. The van der Waals surface area contributed by atoms with Crippen molar-refractivity contribution in [2.24, 2.45) is 9.98 Å². The zero-order valence-electron chi connectivity index (χ0n) is 30.3. The van der Waals surface area contributed by atoms with Crippen LogP contribution in [0.2, 0.25) is 0 Å². The second-order valence-electron chi connectivity index (χ2n) is 11.7. The van der Waals surface area contributed by atoms with Gasteiger partial charge in [-0.25, -0.2) is 12.4 Å². The van der Waals surface area contributed by atoms with E-state index in [2.05, 4.69) is 194 Å². The second-order valence-corrected chi connectivity index (χ2v) is 16.8. The molecule has 2 atom stereocenters. The SMILES string of the molecule is C(C[PH+](c1ccccc1)c1ccccc1)=NC(c1ccccc1)C(N=CC[PH+](c1ccccc1)c1ccccc1)c1ccccc1.CC=[N-].CC=[N-].[Fe+2]. The summed E-state index contributed by atoms with van der Waals surface area (Å²) in [7, 11) is -2.08. The molecule has 268 valence electrons. The Morgan fingerprint density at radius 2 is 0.623 bits per heavy atom. The molecule has 0 N–H and O–H groups in total. The average Bonchev–Trinajstić information content (AvgIpc) is 3.21. The van der Waals surface area contributed by atoms with Gasteiger partial charge in [0.2, 0.25) is 0 Å². The second kappa shape index (κ2) is 25.4. The van der Waals surface area contributed by atoms with E-state index in [1.165, 1.54) is 32.3 Å². The molecule has 6 aromatic rings. The van der Waals surface area contributed by atoms with Gasteiger partial charge in [0.25, 0.3) is 0 Å². The van der Waals surface area contributed by atoms with Crippen molar-refractivity contribution in [2.45, 2.75) is 25.9 Å². The molecule has 7 heteroatoms. The van der Waals surface area contributed by atoms with Crippen LogP contribution in [0.15, 0.2) is 192 Å². The Kier molecular flexibility index (Phi) is 20.5. The van der Waals surface area contributed by atoms with Crippen LogP contribution >= 0.6 is 15.8 Å². The molecule has 0 aliphatic rings. The summed E-state index contributed by atoms with van der Waals surface area (Å²) in [5, 5.41) is 20.5. The van der Waals surface area contributed by atoms with Crippen molar-refractivity contribution >= 4 is 61.9 Å². The van der Waals surface area contributed by atoms with Gasteiger partial charge in [-0.15, -0.1) is 0 Å². The van der Waals surface area contributed by atoms with E-state index in [1.807, 2.05) is 0 Å². The topological polar surface area (TPSA) is 69.3 Å². The Hall–Kier alpha value is -4.62. The smallest absolute Gasteiger partial charge is 0.814 e. The standard InChI is InChI=1S/C42H38N2P2.2C2H4N.Fe/c1-7-19-35(20-8-1)41(43-31-33-45(37-23-11-3-12-24-37)38-25-13-4-14-26-38)42(36-21-9-2-10-22-36)44-32-34-46(39-27-15-5-16-28-39)40-29-17-6-18-30-40;2*1-2-3;/h1-32,41-42H,33-34H2;2*2H,1H3;/q;2*-1;+2/p+2. The van der Waals surface area contributed by atoms with E-state index in [9.17, 15) is 0 Å². The van der Waals surface area contributed by atoms with Crippen molar-refractivity contribution in [1.29, 1.82) is 0 Å². The zero-order valence-corrected chi connectivity index (χ0v) is 33.4. The number of hydrogen-bond donors (Lipinski definition) is 0. The van der Waals surface area contributed by atoms with Crippen LogP contribution in [-0.4, -0.2) is 37.2 Å². The molecule has 53 heavy (non-hydrogen) atoms. The maximum absolute atomic E-state index is 7.44. The van der Waals surface area contributed by atoms with Crippen LogP contribution in [-0.2, 0) is 17.1 Å². The largest absolute Gasteiger partial charge is 2.00 e. The predicted octanol–water partition coefficient (Wildman–Crippen LogP) is 9.63. The summed E-state index contributed by atoms with van der Waals surface area (Å²) >= 11 is 0. The Labute approximate surface area is 329 Å². The molecule has 0 spiro atoms. The van der Waals surface area contributed by atoms with Crippen molar-refractivity contribution in [2.75, 3.05) is 12.3 Å². The maximum Gasteiger partial charge on any atom is 2.00 e. The Morgan fingerprint density at radius 3 is 0.849 bits per heavy atom. The summed E-state index contributed by atoms with van der Waals surface area (Å²) in [6, 6.07) is 64.7. The first-order valence-electron chi connectivity index (χ1n) is 17.6. The van der Waals surface area contributed by atoms with Crippen molar-refractivity contribution in [3.05, 3.63) is 204 Å². The minimum Gasteiger partial charge on any atom is -0.814 e. The van der Waals surface area contributed by atoms with Crippen LogP contribution < -0.4 is 21.2 Å². The van der Waals surface area contributed by atoms with Gasteiger partial charge in [0, 0.05) is 12.4 Å². The quantitative estimate of drug-likeness (QED) is 0.0638. The van der Waals surface area contributed by atoms with Crippen molar-refractivity contribution in [3.63, 3.8) is 0 Å². The van der Waals surface area contributed by atoms with Crippen molar-refractivity contribution in [3.8, 4) is 0 Å². The van der Waals surface area contributed by atoms with E-state index in [0.717, 1.165) is 24.8 Å². The minimum absolute atomic E-state index is 0. The normalized spacial score (nSPS) is 11.8. The average molecular weight is 775 g/mol. The van der Waals surface area contributed by atoms with E-state index in [0.29, 0.717) is 0 Å². The summed E-state index contributed by atoms with van der Waals surface area (Å²) < 4.78 is 0. The van der Waals surface area contributed by atoms with Crippen LogP contribution in [0.25, 0.3) is 10.8 Å². The van der Waals surface area contributed by atoms with Gasteiger partial charge in [-0.1, -0.05) is 147 Å². The van der Waals surface area contributed by atoms with Crippen LogP contribution in [0.3, 0.4) is 0 Å². The fraction of sp³-hybridized carbons (Fsp3) is 0.130. The third-order valence-electron chi connectivity index (χ3n) is 8.19. The molecule has 2 unspecified atom stereocenters. The number of aliphatic imine (C=N–C) groups is 2. The summed E-state index contributed by atoms with van der Waals surface area (Å²) in [6.45, 7) is 3.11. The molecule has 0 aliphatic carbocycles. The molecular formula is C46H48FeN4P2+2. The molecule has 0 amide bonds. The van der Waals surface area contributed by atoms with Gasteiger partial charge < -0.3 is 10.8 Å². The molecule has 0 saturated carbocycles. The van der Waals surface area contributed by atoms with Gasteiger partial charge in [-0.2, -0.15) is 0 Å². The first-order valence-corrected chi connectivity index (χ1v) is 21.0. The van der Waals surface area contributed by atoms with E-state index < -0.39 is 15.8 Å². The fourth-order valence-electron chi connectivity index (χ4n) is 5.88. The summed E-state index contributed by atoms with van der Waals surface area (Å²) in [6.07, 6.45) is 8.17. The Balaban J connectivity index is 0.00000101. The third kappa shape index (κ3) is 14.0. The van der Waals surface area contributed by atoms with Crippen molar-refractivity contribution in [1.82, 2.24) is 0 Å². The van der Waals surface area contributed by atoms with E-state index in [1.54, 1.807) is 13.8 Å². The Bertz CT molecular complexity index is 1670. The van der Waals surface area contributed by atoms with Crippen LogP contribution in [0.1, 0.15) is 37.1 Å². The minimum atomic E-state index is -1.04. The van der Waals surface area contributed by atoms with E-state index in [4.69, 9.17) is 20.8 Å². The molecule has 0 bridgehead atoms.